The van der Waals surface area contributed by atoms with Gasteiger partial charge >= 0.3 is 0 Å². The van der Waals surface area contributed by atoms with Crippen molar-refractivity contribution in [1.82, 2.24) is 0 Å². The summed E-state index contributed by atoms with van der Waals surface area (Å²) in [6.07, 6.45) is 10.0. The summed E-state index contributed by atoms with van der Waals surface area (Å²) in [5, 5.41) is 11.4. The van der Waals surface area contributed by atoms with Crippen LogP contribution >= 0.6 is 0 Å². The van der Waals surface area contributed by atoms with Gasteiger partial charge in [0, 0.05) is 0 Å². The van der Waals surface area contributed by atoms with Gasteiger partial charge in [0.05, 0.1) is 0 Å². The highest BCUT2D eigenvalue weighted by Gasteiger charge is 2.16. The maximum absolute atomic E-state index is 2.49. The zero-order chi connectivity index (χ0) is 23.5. The molecular formula is C34H38. The topological polar surface area (TPSA) is 0 Å². The Bertz CT molecular complexity index is 1340. The van der Waals surface area contributed by atoms with Crippen LogP contribution in [-0.4, -0.2) is 0 Å². The molecule has 174 valence electrons. The third-order valence-corrected chi connectivity index (χ3v) is 7.56. The Morgan fingerprint density at radius 3 is 1.32 bits per heavy atom. The highest BCUT2D eigenvalue weighted by atomic mass is 14.2. The molecule has 0 radical (unpaired) electrons. The summed E-state index contributed by atoms with van der Waals surface area (Å²) in [6.45, 7) is 6.99. The molecule has 0 atom stereocenters. The Labute approximate surface area is 205 Å². The second kappa shape index (κ2) is 10.2. The van der Waals surface area contributed by atoms with Crippen molar-refractivity contribution in [3.8, 4) is 0 Å². The molecule has 0 heteroatoms. The minimum Gasteiger partial charge on any atom is -0.0654 e. The van der Waals surface area contributed by atoms with Gasteiger partial charge < -0.3 is 0 Å². The average Bonchev–Trinajstić information content (AvgIpc) is 2.85. The van der Waals surface area contributed by atoms with Crippen molar-refractivity contribution in [3.63, 3.8) is 0 Å². The van der Waals surface area contributed by atoms with Gasteiger partial charge in [-0.15, -0.1) is 0 Å². The number of hydrogen-bond donors (Lipinski definition) is 0. The molecule has 0 aromatic heterocycles. The van der Waals surface area contributed by atoms with Gasteiger partial charge in [-0.2, -0.15) is 0 Å². The van der Waals surface area contributed by atoms with E-state index in [4.69, 9.17) is 0 Å². The average molecular weight is 447 g/mol. The van der Waals surface area contributed by atoms with Crippen LogP contribution in [0.5, 0.6) is 0 Å². The molecule has 0 unspecified atom stereocenters. The third-order valence-electron chi connectivity index (χ3n) is 7.56. The number of unbranched alkanes of at least 4 members (excludes halogenated alkanes) is 3. The number of rotatable bonds is 9. The molecule has 34 heavy (non-hydrogen) atoms. The van der Waals surface area contributed by atoms with Crippen LogP contribution in [0.15, 0.2) is 72.8 Å². The molecule has 0 N–H and O–H groups in total. The minimum atomic E-state index is 0.747. The Hall–Kier alpha value is -2.86. The molecule has 0 aliphatic rings. The monoisotopic (exact) mass is 446 g/mol. The SMILES string of the molecule is CCCCCCc1c2cc3ccccc3cc2c(CCCC(C)C)c2cc3ccccc3cc12. The van der Waals surface area contributed by atoms with E-state index in [2.05, 4.69) is 93.6 Å². The number of benzene rings is 5. The first-order valence-corrected chi connectivity index (χ1v) is 13.4. The molecule has 0 saturated heterocycles. The molecule has 0 fully saturated rings. The zero-order valence-corrected chi connectivity index (χ0v) is 21.2. The number of hydrogen-bond acceptors (Lipinski definition) is 0. The van der Waals surface area contributed by atoms with E-state index in [1.54, 1.807) is 11.1 Å². The fourth-order valence-corrected chi connectivity index (χ4v) is 5.72. The molecule has 0 aliphatic heterocycles. The summed E-state index contributed by atoms with van der Waals surface area (Å²) in [7, 11) is 0. The van der Waals surface area contributed by atoms with Crippen LogP contribution < -0.4 is 0 Å². The predicted octanol–water partition coefficient (Wildman–Crippen LogP) is 10.4. The van der Waals surface area contributed by atoms with E-state index in [1.165, 1.54) is 81.6 Å². The van der Waals surface area contributed by atoms with E-state index in [-0.39, 0.29) is 0 Å². The summed E-state index contributed by atoms with van der Waals surface area (Å²) >= 11 is 0. The van der Waals surface area contributed by atoms with Crippen LogP contribution in [-0.2, 0) is 12.8 Å². The summed E-state index contributed by atoms with van der Waals surface area (Å²) in [5.74, 6) is 0.747. The van der Waals surface area contributed by atoms with E-state index >= 15 is 0 Å². The van der Waals surface area contributed by atoms with Gasteiger partial charge in [-0.05, 0) is 110 Å². The summed E-state index contributed by atoms with van der Waals surface area (Å²) < 4.78 is 0. The molecule has 0 amide bonds. The molecule has 0 heterocycles. The van der Waals surface area contributed by atoms with Crippen molar-refractivity contribution < 1.29 is 0 Å². The molecule has 5 aromatic rings. The maximum atomic E-state index is 2.49. The van der Waals surface area contributed by atoms with E-state index < -0.39 is 0 Å². The van der Waals surface area contributed by atoms with Crippen molar-refractivity contribution in [2.24, 2.45) is 5.92 Å². The van der Waals surface area contributed by atoms with Crippen molar-refractivity contribution >= 4 is 43.1 Å². The fourth-order valence-electron chi connectivity index (χ4n) is 5.72. The van der Waals surface area contributed by atoms with Crippen LogP contribution in [0, 0.1) is 5.92 Å². The van der Waals surface area contributed by atoms with Gasteiger partial charge in [0.15, 0.2) is 0 Å². The van der Waals surface area contributed by atoms with Crippen LogP contribution in [0.2, 0.25) is 0 Å². The van der Waals surface area contributed by atoms with Crippen molar-refractivity contribution in [2.75, 3.05) is 0 Å². The highest BCUT2D eigenvalue weighted by molar-refractivity contribution is 6.13. The Balaban J connectivity index is 1.81. The van der Waals surface area contributed by atoms with Crippen LogP contribution in [0.1, 0.15) is 70.4 Å². The van der Waals surface area contributed by atoms with Gasteiger partial charge in [0.1, 0.15) is 0 Å². The van der Waals surface area contributed by atoms with E-state index in [1.807, 2.05) is 0 Å². The molecule has 5 aromatic carbocycles. The van der Waals surface area contributed by atoms with Crippen molar-refractivity contribution in [1.29, 1.82) is 0 Å². The first-order valence-electron chi connectivity index (χ1n) is 13.4. The standard InChI is InChI=1S/C34H38/c1-4-5-6-7-18-29-31-20-25-14-8-10-16-27(25)22-33(31)30(19-12-13-24(2)3)34-23-28-17-11-9-15-26(28)21-32(29)34/h8-11,14-17,20-24H,4-7,12-13,18-19H2,1-3H3. The summed E-state index contributed by atoms with van der Waals surface area (Å²) in [5.41, 5.74) is 3.12. The maximum Gasteiger partial charge on any atom is -0.0136 e. The van der Waals surface area contributed by atoms with E-state index in [0.717, 1.165) is 18.8 Å². The van der Waals surface area contributed by atoms with Gasteiger partial charge in [-0.3, -0.25) is 0 Å². The molecule has 5 rings (SSSR count). The molecule has 0 bridgehead atoms. The van der Waals surface area contributed by atoms with Crippen LogP contribution in [0.4, 0.5) is 0 Å². The number of fused-ring (bicyclic) bond motifs is 4. The van der Waals surface area contributed by atoms with Crippen molar-refractivity contribution in [2.45, 2.75) is 72.1 Å². The van der Waals surface area contributed by atoms with Gasteiger partial charge in [-0.25, -0.2) is 0 Å². The molecule has 0 aliphatic carbocycles. The zero-order valence-electron chi connectivity index (χ0n) is 21.2. The Kier molecular flexibility index (Phi) is 6.86. The lowest BCUT2D eigenvalue weighted by Gasteiger charge is -2.19. The van der Waals surface area contributed by atoms with E-state index in [0.29, 0.717) is 0 Å². The summed E-state index contributed by atoms with van der Waals surface area (Å²) in [6, 6.07) is 27.7. The van der Waals surface area contributed by atoms with Crippen molar-refractivity contribution in [3.05, 3.63) is 83.9 Å². The lowest BCUT2D eigenvalue weighted by molar-refractivity contribution is 0.557. The molecule has 0 saturated carbocycles. The summed E-state index contributed by atoms with van der Waals surface area (Å²) in [4.78, 5) is 0. The molecule has 0 spiro atoms. The van der Waals surface area contributed by atoms with Crippen LogP contribution in [0.25, 0.3) is 43.1 Å². The second-order valence-electron chi connectivity index (χ2n) is 10.5. The van der Waals surface area contributed by atoms with Crippen LogP contribution in [0.3, 0.4) is 0 Å². The first kappa shape index (κ1) is 22.9. The predicted molar refractivity (Wildman–Crippen MR) is 152 cm³/mol. The van der Waals surface area contributed by atoms with Gasteiger partial charge in [-0.1, -0.05) is 95.0 Å². The normalized spacial score (nSPS) is 12.0. The lowest BCUT2D eigenvalue weighted by Crippen LogP contribution is -1.99. The molecule has 0 nitrogen and oxygen atoms in total. The molecular weight excluding hydrogens is 408 g/mol. The first-order chi connectivity index (χ1) is 16.7. The van der Waals surface area contributed by atoms with Gasteiger partial charge in [0.25, 0.3) is 0 Å². The third kappa shape index (κ3) is 4.56. The second-order valence-corrected chi connectivity index (χ2v) is 10.5. The number of aryl methyl sites for hydroxylation is 2. The largest absolute Gasteiger partial charge is 0.0654 e. The minimum absolute atomic E-state index is 0.747. The fraction of sp³-hybridized carbons (Fsp3) is 0.353. The Morgan fingerprint density at radius 2 is 0.941 bits per heavy atom. The van der Waals surface area contributed by atoms with Gasteiger partial charge in [0.2, 0.25) is 0 Å². The smallest absolute Gasteiger partial charge is 0.0136 e. The quantitative estimate of drug-likeness (QED) is 0.156. The van der Waals surface area contributed by atoms with E-state index in [9.17, 15) is 0 Å². The lowest BCUT2D eigenvalue weighted by atomic mass is 9.85. The highest BCUT2D eigenvalue weighted by Crippen LogP contribution is 2.39. The Morgan fingerprint density at radius 1 is 0.529 bits per heavy atom.